The lowest BCUT2D eigenvalue weighted by atomic mass is 10.1. The van der Waals surface area contributed by atoms with E-state index in [1.54, 1.807) is 0 Å². The zero-order chi connectivity index (χ0) is 15.3. The fraction of sp³-hybridized carbons (Fsp3) is 0.625. The quantitative estimate of drug-likeness (QED) is 0.791. The van der Waals surface area contributed by atoms with Crippen LogP contribution in [0.15, 0.2) is 23.1 Å². The molecule has 1 aromatic rings. The summed E-state index contributed by atoms with van der Waals surface area (Å²) in [5, 5.41) is 13.2. The minimum absolute atomic E-state index is 0.000462. The van der Waals surface area contributed by atoms with Crippen LogP contribution in [0.5, 0.6) is 5.75 Å². The van der Waals surface area contributed by atoms with Gasteiger partial charge >= 0.3 is 0 Å². The summed E-state index contributed by atoms with van der Waals surface area (Å²) in [7, 11) is 0. The van der Waals surface area contributed by atoms with Crippen molar-refractivity contribution in [3.05, 3.63) is 23.8 Å². The molecule has 1 atom stereocenters. The summed E-state index contributed by atoms with van der Waals surface area (Å²) in [5.74, 6) is 0.941. The molecule has 1 aromatic carbocycles. The molecule has 0 spiro atoms. The molecule has 0 aliphatic carbocycles. The number of nitrogens with one attached hydrogen (secondary N) is 1. The van der Waals surface area contributed by atoms with Gasteiger partial charge in [0.25, 0.3) is 0 Å². The number of para-hydroxylation sites is 1. The van der Waals surface area contributed by atoms with E-state index in [0.29, 0.717) is 6.54 Å². The molecule has 1 heterocycles. The normalized spacial score (nSPS) is 16.2. The average Bonchev–Trinajstić information content (AvgIpc) is 2.45. The van der Waals surface area contributed by atoms with Gasteiger partial charge in [-0.15, -0.1) is 0 Å². The van der Waals surface area contributed by atoms with Crippen molar-refractivity contribution in [2.75, 3.05) is 19.8 Å². The van der Waals surface area contributed by atoms with Crippen LogP contribution in [0.3, 0.4) is 0 Å². The first-order valence-electron chi connectivity index (χ1n) is 7.43. The summed E-state index contributed by atoms with van der Waals surface area (Å²) in [5.41, 5.74) is 1.24. The molecular weight excluding hydrogens is 286 g/mol. The molecule has 21 heavy (non-hydrogen) atoms. The minimum Gasteiger partial charge on any atom is -0.492 e. The molecule has 4 nitrogen and oxygen atoms in total. The lowest BCUT2D eigenvalue weighted by molar-refractivity contribution is 0.110. The van der Waals surface area contributed by atoms with Crippen LogP contribution in [0, 0.1) is 0 Å². The van der Waals surface area contributed by atoms with Crippen LogP contribution in [0.4, 0.5) is 0 Å². The van der Waals surface area contributed by atoms with Crippen LogP contribution in [0.25, 0.3) is 0 Å². The maximum absolute atomic E-state index is 9.90. The highest BCUT2D eigenvalue weighted by Crippen LogP contribution is 2.35. The van der Waals surface area contributed by atoms with Gasteiger partial charge in [0.2, 0.25) is 0 Å². The maximum Gasteiger partial charge on any atom is 0.138 e. The Hall–Kier alpha value is -0.750. The Labute approximate surface area is 131 Å². The highest BCUT2D eigenvalue weighted by molar-refractivity contribution is 7.94. The minimum atomic E-state index is -0.516. The second-order valence-electron chi connectivity index (χ2n) is 6.35. The van der Waals surface area contributed by atoms with Crippen molar-refractivity contribution in [3.63, 3.8) is 0 Å². The molecule has 1 aliphatic rings. The fourth-order valence-corrected chi connectivity index (χ4v) is 2.84. The molecule has 2 N–H and O–H groups in total. The number of ether oxygens (including phenoxy) is 1. The Kier molecular flexibility index (Phi) is 5.93. The van der Waals surface area contributed by atoms with Gasteiger partial charge in [0, 0.05) is 24.1 Å². The Morgan fingerprint density at radius 2 is 2.24 bits per heavy atom. The van der Waals surface area contributed by atoms with Gasteiger partial charge < -0.3 is 19.3 Å². The molecule has 1 aliphatic heterocycles. The largest absolute Gasteiger partial charge is 0.492 e. The van der Waals surface area contributed by atoms with Crippen LogP contribution in [-0.4, -0.2) is 36.5 Å². The highest BCUT2D eigenvalue weighted by Gasteiger charge is 2.16. The van der Waals surface area contributed by atoms with E-state index in [1.807, 2.05) is 12.1 Å². The number of hydrogen-bond acceptors (Lipinski definition) is 5. The van der Waals surface area contributed by atoms with Crippen molar-refractivity contribution in [2.45, 2.75) is 50.2 Å². The summed E-state index contributed by atoms with van der Waals surface area (Å²) in [4.78, 5) is 0.989. The Morgan fingerprint density at radius 3 is 3.00 bits per heavy atom. The number of β-amino-alcohol motifs (C(OH)–C–C–N with tert-alkyl or cyclic N) is 1. The van der Waals surface area contributed by atoms with Crippen molar-refractivity contribution in [1.29, 1.82) is 0 Å². The van der Waals surface area contributed by atoms with Gasteiger partial charge in [0.15, 0.2) is 0 Å². The Balaban J connectivity index is 1.79. The van der Waals surface area contributed by atoms with Gasteiger partial charge in [-0.1, -0.05) is 12.1 Å². The van der Waals surface area contributed by atoms with Gasteiger partial charge in [0.05, 0.1) is 24.2 Å². The lowest BCUT2D eigenvalue weighted by Crippen LogP contribution is -2.41. The summed E-state index contributed by atoms with van der Waals surface area (Å²) in [6, 6.07) is 6.12. The van der Waals surface area contributed by atoms with Crippen molar-refractivity contribution in [3.8, 4) is 5.75 Å². The molecule has 0 saturated heterocycles. The van der Waals surface area contributed by atoms with Crippen LogP contribution in [0.1, 0.15) is 32.8 Å². The SMILES string of the molecule is CC(C)(C)NCC(O)COSc1cccc2c1OCCC2. The molecule has 0 bridgehead atoms. The van der Waals surface area contributed by atoms with E-state index in [1.165, 1.54) is 17.6 Å². The number of fused-ring (bicyclic) bond motifs is 1. The predicted molar refractivity (Wildman–Crippen MR) is 85.8 cm³/mol. The van der Waals surface area contributed by atoms with Gasteiger partial charge in [-0.3, -0.25) is 0 Å². The number of benzene rings is 1. The topological polar surface area (TPSA) is 50.7 Å². The molecule has 0 aromatic heterocycles. The van der Waals surface area contributed by atoms with Crippen molar-refractivity contribution in [2.24, 2.45) is 0 Å². The molecule has 0 amide bonds. The van der Waals surface area contributed by atoms with Gasteiger partial charge in [-0.2, -0.15) is 0 Å². The van der Waals surface area contributed by atoms with Crippen molar-refractivity contribution < 1.29 is 14.0 Å². The monoisotopic (exact) mass is 311 g/mol. The first-order valence-corrected chi connectivity index (χ1v) is 8.17. The number of aryl methyl sites for hydroxylation is 1. The third-order valence-corrected chi connectivity index (χ3v) is 3.93. The van der Waals surface area contributed by atoms with Crippen molar-refractivity contribution >= 4 is 12.0 Å². The number of aliphatic hydroxyl groups excluding tert-OH is 1. The molecule has 0 fully saturated rings. The third-order valence-electron chi connectivity index (χ3n) is 3.17. The van der Waals surface area contributed by atoms with E-state index < -0.39 is 6.10 Å². The number of hydrogen-bond donors (Lipinski definition) is 2. The summed E-state index contributed by atoms with van der Waals surface area (Å²) in [6.45, 7) is 7.79. The average molecular weight is 311 g/mol. The molecule has 0 radical (unpaired) electrons. The predicted octanol–water partition coefficient (Wildman–Crippen LogP) is 2.78. The zero-order valence-electron chi connectivity index (χ0n) is 13.0. The number of rotatable bonds is 6. The lowest BCUT2D eigenvalue weighted by Gasteiger charge is -2.23. The Bertz CT molecular complexity index is 459. The van der Waals surface area contributed by atoms with Gasteiger partial charge in [-0.25, -0.2) is 0 Å². The van der Waals surface area contributed by atoms with E-state index in [2.05, 4.69) is 32.2 Å². The Morgan fingerprint density at radius 1 is 1.43 bits per heavy atom. The molecule has 2 rings (SSSR count). The van der Waals surface area contributed by atoms with Gasteiger partial charge in [0.1, 0.15) is 5.75 Å². The first kappa shape index (κ1) is 16.6. The van der Waals surface area contributed by atoms with Crippen LogP contribution >= 0.6 is 12.0 Å². The van der Waals surface area contributed by atoms with Crippen molar-refractivity contribution in [1.82, 2.24) is 5.32 Å². The van der Waals surface area contributed by atoms with E-state index >= 15 is 0 Å². The van der Waals surface area contributed by atoms with E-state index in [0.717, 1.165) is 30.1 Å². The fourth-order valence-electron chi connectivity index (χ4n) is 2.08. The molecule has 5 heteroatoms. The molecular formula is C16H25NO3S. The smallest absolute Gasteiger partial charge is 0.138 e. The second-order valence-corrected chi connectivity index (χ2v) is 7.19. The van der Waals surface area contributed by atoms with E-state index in [9.17, 15) is 5.11 Å². The summed E-state index contributed by atoms with van der Waals surface area (Å²) >= 11 is 1.28. The summed E-state index contributed by atoms with van der Waals surface area (Å²) < 4.78 is 11.3. The van der Waals surface area contributed by atoms with Crippen LogP contribution in [-0.2, 0) is 10.6 Å². The first-order chi connectivity index (χ1) is 9.96. The van der Waals surface area contributed by atoms with E-state index in [-0.39, 0.29) is 12.1 Å². The molecule has 1 unspecified atom stereocenters. The van der Waals surface area contributed by atoms with Gasteiger partial charge in [-0.05, 0) is 45.2 Å². The molecule has 0 saturated carbocycles. The highest BCUT2D eigenvalue weighted by atomic mass is 32.2. The zero-order valence-corrected chi connectivity index (χ0v) is 13.8. The summed E-state index contributed by atoms with van der Waals surface area (Å²) in [6.07, 6.45) is 1.61. The number of aliphatic hydroxyl groups is 1. The van der Waals surface area contributed by atoms with Crippen LogP contribution < -0.4 is 10.1 Å². The second kappa shape index (κ2) is 7.49. The maximum atomic E-state index is 9.90. The van der Waals surface area contributed by atoms with E-state index in [4.69, 9.17) is 8.92 Å². The standard InChI is InChI=1S/C16H25NO3S/c1-16(2,3)17-10-13(18)11-20-21-14-8-4-6-12-7-5-9-19-15(12)14/h4,6,8,13,17-18H,5,7,9-11H2,1-3H3. The third kappa shape index (κ3) is 5.51. The molecule has 118 valence electrons. The van der Waals surface area contributed by atoms with Crippen LogP contribution in [0.2, 0.25) is 0 Å².